The van der Waals surface area contributed by atoms with Crippen LogP contribution in [0.3, 0.4) is 0 Å². The molecule has 0 spiro atoms. The normalized spacial score (nSPS) is 17.2. The third-order valence-electron chi connectivity index (χ3n) is 4.05. The van der Waals surface area contributed by atoms with Gasteiger partial charge in [0.15, 0.2) is 0 Å². The topological polar surface area (TPSA) is 32.3 Å². The quantitative estimate of drug-likeness (QED) is 0.899. The van der Waals surface area contributed by atoms with Crippen molar-refractivity contribution in [3.05, 3.63) is 71.3 Å². The van der Waals surface area contributed by atoms with Crippen LogP contribution in [-0.2, 0) is 19.5 Å². The summed E-state index contributed by atoms with van der Waals surface area (Å²) in [6.45, 7) is 3.38. The lowest BCUT2D eigenvalue weighted by Gasteiger charge is -2.34. The number of amides is 2. The fourth-order valence-corrected chi connectivity index (χ4v) is 2.83. The average Bonchev–Trinajstić information content (AvgIpc) is 2.53. The van der Waals surface area contributed by atoms with Crippen molar-refractivity contribution in [2.45, 2.75) is 32.5 Å². The molecule has 1 heterocycles. The number of carbonyl (C=O) groups excluding carboxylic acids is 1. The van der Waals surface area contributed by atoms with Gasteiger partial charge >= 0.3 is 6.03 Å². The smallest absolute Gasteiger partial charge is 0.318 e. The van der Waals surface area contributed by atoms with E-state index in [1.807, 2.05) is 41.3 Å². The van der Waals surface area contributed by atoms with Gasteiger partial charge in [-0.05, 0) is 30.0 Å². The number of carbonyl (C=O) groups is 1. The van der Waals surface area contributed by atoms with Crippen LogP contribution in [-0.4, -0.2) is 17.0 Å². The molecule has 0 saturated heterocycles. The van der Waals surface area contributed by atoms with Crippen molar-refractivity contribution in [1.29, 1.82) is 0 Å². The summed E-state index contributed by atoms with van der Waals surface area (Å²) in [6, 6.07) is 18.6. The van der Waals surface area contributed by atoms with Crippen molar-refractivity contribution in [3.63, 3.8) is 0 Å². The van der Waals surface area contributed by atoms with Gasteiger partial charge in [-0.25, -0.2) is 4.79 Å². The van der Waals surface area contributed by atoms with Crippen LogP contribution < -0.4 is 5.32 Å². The van der Waals surface area contributed by atoms with Crippen LogP contribution in [0, 0.1) is 0 Å². The average molecular weight is 280 g/mol. The van der Waals surface area contributed by atoms with Crippen LogP contribution >= 0.6 is 0 Å². The van der Waals surface area contributed by atoms with Crippen molar-refractivity contribution >= 4 is 6.03 Å². The summed E-state index contributed by atoms with van der Waals surface area (Å²) in [4.78, 5) is 14.3. The van der Waals surface area contributed by atoms with Gasteiger partial charge in [0.1, 0.15) is 0 Å². The Hall–Kier alpha value is -2.29. The van der Waals surface area contributed by atoms with E-state index < -0.39 is 0 Å². The Morgan fingerprint density at radius 3 is 2.52 bits per heavy atom. The van der Waals surface area contributed by atoms with Crippen LogP contribution in [0.5, 0.6) is 0 Å². The lowest BCUT2D eigenvalue weighted by atomic mass is 9.95. The molecule has 3 heteroatoms. The first-order valence-electron chi connectivity index (χ1n) is 7.39. The third-order valence-corrected chi connectivity index (χ3v) is 4.05. The van der Waals surface area contributed by atoms with Crippen LogP contribution in [0.1, 0.15) is 23.6 Å². The minimum Gasteiger partial charge on any atom is -0.334 e. The number of nitrogens with zero attached hydrogens (tertiary/aromatic N) is 1. The molecule has 0 fully saturated rings. The molecule has 2 aromatic carbocycles. The van der Waals surface area contributed by atoms with E-state index in [0.29, 0.717) is 13.1 Å². The lowest BCUT2D eigenvalue weighted by Crippen LogP contribution is -2.47. The number of fused-ring (bicyclic) bond motifs is 1. The molecule has 0 aromatic heterocycles. The van der Waals surface area contributed by atoms with Gasteiger partial charge in [0.25, 0.3) is 0 Å². The number of nitrogens with one attached hydrogen (secondary N) is 1. The monoisotopic (exact) mass is 280 g/mol. The SMILES string of the molecule is CC1Cc2ccccc2CN1C(=O)NCc1ccccc1. The van der Waals surface area contributed by atoms with E-state index in [1.165, 1.54) is 11.1 Å². The molecular weight excluding hydrogens is 260 g/mol. The zero-order valence-corrected chi connectivity index (χ0v) is 12.3. The molecule has 3 rings (SSSR count). The number of rotatable bonds is 2. The van der Waals surface area contributed by atoms with E-state index in [-0.39, 0.29) is 12.1 Å². The Balaban J connectivity index is 1.65. The van der Waals surface area contributed by atoms with Gasteiger partial charge in [-0.3, -0.25) is 0 Å². The van der Waals surface area contributed by atoms with Gasteiger partial charge in [0, 0.05) is 19.1 Å². The summed E-state index contributed by atoms with van der Waals surface area (Å²) < 4.78 is 0. The second-order valence-electron chi connectivity index (χ2n) is 5.59. The highest BCUT2D eigenvalue weighted by molar-refractivity contribution is 5.75. The zero-order chi connectivity index (χ0) is 14.7. The van der Waals surface area contributed by atoms with E-state index in [9.17, 15) is 4.79 Å². The van der Waals surface area contributed by atoms with Gasteiger partial charge in [0.2, 0.25) is 0 Å². The van der Waals surface area contributed by atoms with Crippen molar-refractivity contribution in [3.8, 4) is 0 Å². The zero-order valence-electron chi connectivity index (χ0n) is 12.3. The molecule has 1 aliphatic heterocycles. The Kier molecular flexibility index (Phi) is 3.91. The Bertz CT molecular complexity index is 624. The summed E-state index contributed by atoms with van der Waals surface area (Å²) >= 11 is 0. The van der Waals surface area contributed by atoms with E-state index in [0.717, 1.165) is 12.0 Å². The molecule has 0 radical (unpaired) electrons. The number of urea groups is 1. The molecule has 0 bridgehead atoms. The molecule has 0 aliphatic carbocycles. The Labute approximate surface area is 125 Å². The first-order chi connectivity index (χ1) is 10.2. The molecule has 0 saturated carbocycles. The molecule has 2 amide bonds. The molecule has 21 heavy (non-hydrogen) atoms. The van der Waals surface area contributed by atoms with E-state index in [1.54, 1.807) is 0 Å². The van der Waals surface area contributed by atoms with Gasteiger partial charge < -0.3 is 10.2 Å². The fraction of sp³-hybridized carbons (Fsp3) is 0.278. The first-order valence-corrected chi connectivity index (χ1v) is 7.39. The highest BCUT2D eigenvalue weighted by Crippen LogP contribution is 2.22. The van der Waals surface area contributed by atoms with Crippen molar-refractivity contribution in [2.75, 3.05) is 0 Å². The van der Waals surface area contributed by atoms with Crippen molar-refractivity contribution < 1.29 is 4.79 Å². The van der Waals surface area contributed by atoms with Crippen molar-refractivity contribution in [1.82, 2.24) is 10.2 Å². The molecule has 3 nitrogen and oxygen atoms in total. The van der Waals surface area contributed by atoms with Crippen LogP contribution in [0.15, 0.2) is 54.6 Å². The largest absolute Gasteiger partial charge is 0.334 e. The number of benzene rings is 2. The maximum absolute atomic E-state index is 12.4. The fourth-order valence-electron chi connectivity index (χ4n) is 2.83. The van der Waals surface area contributed by atoms with Gasteiger partial charge in [0.05, 0.1) is 0 Å². The third kappa shape index (κ3) is 3.07. The highest BCUT2D eigenvalue weighted by Gasteiger charge is 2.26. The van der Waals surface area contributed by atoms with Crippen molar-refractivity contribution in [2.24, 2.45) is 0 Å². The second-order valence-corrected chi connectivity index (χ2v) is 5.59. The summed E-state index contributed by atoms with van der Waals surface area (Å²) in [6.07, 6.45) is 0.926. The summed E-state index contributed by atoms with van der Waals surface area (Å²) in [7, 11) is 0. The minimum absolute atomic E-state index is 0.0147. The Morgan fingerprint density at radius 1 is 1.10 bits per heavy atom. The molecule has 1 atom stereocenters. The van der Waals surface area contributed by atoms with Gasteiger partial charge in [-0.15, -0.1) is 0 Å². The molecule has 108 valence electrons. The predicted octanol–water partition coefficient (Wildman–Crippen LogP) is 3.34. The van der Waals surface area contributed by atoms with Gasteiger partial charge in [-0.1, -0.05) is 54.6 Å². The molecule has 1 unspecified atom stereocenters. The van der Waals surface area contributed by atoms with E-state index in [2.05, 4.69) is 30.4 Å². The molecule has 2 aromatic rings. The summed E-state index contributed by atoms with van der Waals surface area (Å²) in [5.74, 6) is 0. The Morgan fingerprint density at radius 2 is 1.76 bits per heavy atom. The lowest BCUT2D eigenvalue weighted by molar-refractivity contribution is 0.168. The van der Waals surface area contributed by atoms with Crippen LogP contribution in [0.2, 0.25) is 0 Å². The van der Waals surface area contributed by atoms with Gasteiger partial charge in [-0.2, -0.15) is 0 Å². The van der Waals surface area contributed by atoms with E-state index >= 15 is 0 Å². The first kappa shape index (κ1) is 13.7. The maximum Gasteiger partial charge on any atom is 0.318 e. The molecule has 1 N–H and O–H groups in total. The molecular formula is C18H20N2O. The summed E-state index contributed by atoms with van der Waals surface area (Å²) in [5.41, 5.74) is 3.73. The predicted molar refractivity (Wildman–Crippen MR) is 83.8 cm³/mol. The minimum atomic E-state index is 0.0147. The highest BCUT2D eigenvalue weighted by atomic mass is 16.2. The van der Waals surface area contributed by atoms with Crippen LogP contribution in [0.4, 0.5) is 4.79 Å². The number of hydrogen-bond donors (Lipinski definition) is 1. The summed E-state index contributed by atoms with van der Waals surface area (Å²) in [5, 5.41) is 3.02. The molecule has 1 aliphatic rings. The maximum atomic E-state index is 12.4. The number of hydrogen-bond acceptors (Lipinski definition) is 1. The second kappa shape index (κ2) is 6.00. The standard InChI is InChI=1S/C18H20N2O/c1-14-11-16-9-5-6-10-17(16)13-20(14)18(21)19-12-15-7-3-2-4-8-15/h2-10,14H,11-13H2,1H3,(H,19,21). The van der Waals surface area contributed by atoms with Crippen LogP contribution in [0.25, 0.3) is 0 Å². The van der Waals surface area contributed by atoms with E-state index in [4.69, 9.17) is 0 Å².